The molecule has 1 saturated heterocycles. The van der Waals surface area contributed by atoms with Crippen molar-refractivity contribution < 1.29 is 8.42 Å². The summed E-state index contributed by atoms with van der Waals surface area (Å²) in [5, 5.41) is 3.41. The minimum atomic E-state index is -3.08. The highest BCUT2D eigenvalue weighted by Crippen LogP contribution is 2.37. The Bertz CT molecular complexity index is 374. The van der Waals surface area contributed by atoms with Crippen molar-refractivity contribution in [2.75, 3.05) is 24.6 Å². The van der Waals surface area contributed by atoms with Gasteiger partial charge in [0.05, 0.1) is 5.75 Å². The lowest BCUT2D eigenvalue weighted by Gasteiger charge is -2.22. The highest BCUT2D eigenvalue weighted by Gasteiger charge is 2.30. The van der Waals surface area contributed by atoms with Gasteiger partial charge in [-0.1, -0.05) is 0 Å². The van der Waals surface area contributed by atoms with Crippen LogP contribution in [0.25, 0.3) is 0 Å². The van der Waals surface area contributed by atoms with E-state index in [-0.39, 0.29) is 10.5 Å². The molecule has 2 aliphatic rings. The molecule has 0 radical (unpaired) electrons. The van der Waals surface area contributed by atoms with Crippen LogP contribution in [-0.4, -0.2) is 43.8 Å². The molecule has 0 spiro atoms. The van der Waals surface area contributed by atoms with E-state index in [1.165, 1.54) is 19.3 Å². The van der Waals surface area contributed by atoms with Crippen LogP contribution in [0.5, 0.6) is 0 Å². The molecule has 0 amide bonds. The highest BCUT2D eigenvalue weighted by molar-refractivity contribution is 8.01. The molecular formula is C13H26N2O2S2. The van der Waals surface area contributed by atoms with Crippen molar-refractivity contribution in [3.63, 3.8) is 0 Å². The number of hydrogen-bond donors (Lipinski definition) is 2. The third kappa shape index (κ3) is 6.02. The molecule has 19 heavy (non-hydrogen) atoms. The van der Waals surface area contributed by atoms with Gasteiger partial charge < -0.3 is 5.32 Å². The minimum Gasteiger partial charge on any atom is -0.314 e. The fraction of sp³-hybridized carbons (Fsp3) is 1.00. The lowest BCUT2D eigenvalue weighted by Crippen LogP contribution is -2.38. The average molecular weight is 306 g/mol. The van der Waals surface area contributed by atoms with E-state index in [0.29, 0.717) is 12.6 Å². The second kappa shape index (κ2) is 6.78. The maximum atomic E-state index is 11.9. The van der Waals surface area contributed by atoms with Crippen LogP contribution in [0.3, 0.4) is 0 Å². The number of sulfonamides is 1. The smallest absolute Gasteiger partial charge is 0.211 e. The monoisotopic (exact) mass is 306 g/mol. The van der Waals surface area contributed by atoms with E-state index in [9.17, 15) is 8.42 Å². The first-order valence-corrected chi connectivity index (χ1v) is 9.98. The quantitative estimate of drug-likeness (QED) is 0.637. The zero-order chi connectivity index (χ0) is 13.8. The van der Waals surface area contributed by atoms with Gasteiger partial charge in [-0.05, 0) is 57.7 Å². The second-order valence-corrected chi connectivity index (χ2v) is 9.59. The molecule has 2 N–H and O–H groups in total. The summed E-state index contributed by atoms with van der Waals surface area (Å²) in [6, 6.07) is 0.717. The predicted molar refractivity (Wildman–Crippen MR) is 82.1 cm³/mol. The molecule has 0 aromatic heterocycles. The predicted octanol–water partition coefficient (Wildman–Crippen LogP) is 1.72. The van der Waals surface area contributed by atoms with Crippen molar-refractivity contribution in [1.29, 1.82) is 0 Å². The first-order chi connectivity index (χ1) is 8.99. The van der Waals surface area contributed by atoms with E-state index in [0.717, 1.165) is 31.6 Å². The molecule has 2 rings (SSSR count). The van der Waals surface area contributed by atoms with E-state index in [1.54, 1.807) is 0 Å². The molecule has 1 unspecified atom stereocenters. The Morgan fingerprint density at radius 2 is 2.11 bits per heavy atom. The maximum Gasteiger partial charge on any atom is 0.211 e. The van der Waals surface area contributed by atoms with Crippen molar-refractivity contribution in [3.8, 4) is 0 Å². The summed E-state index contributed by atoms with van der Waals surface area (Å²) in [4.78, 5) is 0. The molecule has 1 aliphatic heterocycles. The normalized spacial score (nSPS) is 27.8. The van der Waals surface area contributed by atoms with Gasteiger partial charge in [-0.25, -0.2) is 13.1 Å². The number of hydrogen-bond acceptors (Lipinski definition) is 4. The van der Waals surface area contributed by atoms with E-state index in [2.05, 4.69) is 17.0 Å². The molecule has 1 heterocycles. The third-order valence-electron chi connectivity index (χ3n) is 3.82. The molecule has 112 valence electrons. The van der Waals surface area contributed by atoms with Crippen LogP contribution in [0.2, 0.25) is 0 Å². The van der Waals surface area contributed by atoms with E-state index in [1.807, 2.05) is 11.8 Å². The first-order valence-electron chi connectivity index (χ1n) is 7.34. The molecule has 0 aromatic carbocycles. The summed E-state index contributed by atoms with van der Waals surface area (Å²) in [6.45, 7) is 3.70. The van der Waals surface area contributed by atoms with Crippen LogP contribution in [0.15, 0.2) is 0 Å². The van der Waals surface area contributed by atoms with Gasteiger partial charge in [-0.2, -0.15) is 11.8 Å². The van der Waals surface area contributed by atoms with Gasteiger partial charge in [0, 0.05) is 17.3 Å². The molecule has 1 aliphatic carbocycles. The van der Waals surface area contributed by atoms with Gasteiger partial charge in [-0.15, -0.1) is 0 Å². The number of thioether (sulfide) groups is 1. The summed E-state index contributed by atoms with van der Waals surface area (Å²) in [5.41, 5.74) is 0. The van der Waals surface area contributed by atoms with Crippen LogP contribution < -0.4 is 10.0 Å². The molecule has 1 atom stereocenters. The maximum absolute atomic E-state index is 11.9. The molecule has 0 bridgehead atoms. The zero-order valence-corrected chi connectivity index (χ0v) is 13.4. The Kier molecular flexibility index (Phi) is 5.57. The summed E-state index contributed by atoms with van der Waals surface area (Å²) in [7, 11) is -3.08. The Labute approximate surface area is 121 Å². The molecule has 0 aromatic rings. The molecule has 1 saturated carbocycles. The van der Waals surface area contributed by atoms with Gasteiger partial charge in [0.15, 0.2) is 0 Å². The summed E-state index contributed by atoms with van der Waals surface area (Å²) in [5.74, 6) is 1.42. The number of nitrogens with one attached hydrogen (secondary N) is 2. The van der Waals surface area contributed by atoms with Crippen molar-refractivity contribution >= 4 is 21.8 Å². The van der Waals surface area contributed by atoms with Crippen molar-refractivity contribution in [1.82, 2.24) is 10.0 Å². The Morgan fingerprint density at radius 3 is 2.74 bits per heavy atom. The fourth-order valence-electron chi connectivity index (χ4n) is 2.32. The molecule has 4 nitrogen and oxygen atoms in total. The van der Waals surface area contributed by atoms with Gasteiger partial charge in [0.25, 0.3) is 0 Å². The zero-order valence-electron chi connectivity index (χ0n) is 11.8. The number of rotatable bonds is 9. The van der Waals surface area contributed by atoms with Gasteiger partial charge in [-0.3, -0.25) is 0 Å². The SMILES string of the molecule is CC1(CNS(=O)(=O)CCCCNC2CC2)CCCS1. The van der Waals surface area contributed by atoms with E-state index < -0.39 is 10.0 Å². The minimum absolute atomic E-state index is 0.112. The summed E-state index contributed by atoms with van der Waals surface area (Å²) >= 11 is 1.89. The van der Waals surface area contributed by atoms with Gasteiger partial charge in [0.1, 0.15) is 0 Å². The van der Waals surface area contributed by atoms with E-state index in [4.69, 9.17) is 0 Å². The third-order valence-corrected chi connectivity index (χ3v) is 6.77. The fourth-order valence-corrected chi connectivity index (χ4v) is 4.92. The lowest BCUT2D eigenvalue weighted by molar-refractivity contribution is 0.548. The lowest BCUT2D eigenvalue weighted by atomic mass is 10.1. The van der Waals surface area contributed by atoms with Crippen LogP contribution in [-0.2, 0) is 10.0 Å². The van der Waals surface area contributed by atoms with Crippen molar-refractivity contribution in [2.24, 2.45) is 0 Å². The van der Waals surface area contributed by atoms with Crippen molar-refractivity contribution in [2.45, 2.75) is 56.2 Å². The topological polar surface area (TPSA) is 58.2 Å². The summed E-state index contributed by atoms with van der Waals surface area (Å²) < 4.78 is 26.7. The first kappa shape index (κ1) is 15.6. The largest absolute Gasteiger partial charge is 0.314 e. The number of unbranched alkanes of at least 4 members (excludes halogenated alkanes) is 1. The average Bonchev–Trinajstić information content (AvgIpc) is 3.08. The highest BCUT2D eigenvalue weighted by atomic mass is 32.2. The van der Waals surface area contributed by atoms with Gasteiger partial charge in [0.2, 0.25) is 10.0 Å². The van der Waals surface area contributed by atoms with Crippen molar-refractivity contribution in [3.05, 3.63) is 0 Å². The van der Waals surface area contributed by atoms with Crippen LogP contribution in [0.4, 0.5) is 0 Å². The van der Waals surface area contributed by atoms with Crippen LogP contribution >= 0.6 is 11.8 Å². The molecule has 2 fully saturated rings. The second-order valence-electron chi connectivity index (χ2n) is 5.98. The Balaban J connectivity index is 1.57. The van der Waals surface area contributed by atoms with E-state index >= 15 is 0 Å². The van der Waals surface area contributed by atoms with Gasteiger partial charge >= 0.3 is 0 Å². The summed E-state index contributed by atoms with van der Waals surface area (Å²) in [6.07, 6.45) is 6.59. The van der Waals surface area contributed by atoms with Crippen LogP contribution in [0, 0.1) is 0 Å². The Morgan fingerprint density at radius 1 is 1.32 bits per heavy atom. The van der Waals surface area contributed by atoms with Crippen LogP contribution in [0.1, 0.15) is 45.4 Å². The molecular weight excluding hydrogens is 280 g/mol. The molecule has 6 heteroatoms. The standard InChI is InChI=1S/C13H26N2O2S2/c1-13(7-4-9-18-13)11-15-19(16,17)10-3-2-8-14-12-5-6-12/h12,14-15H,2-11H2,1H3. The Hall–Kier alpha value is 0.220.